The highest BCUT2D eigenvalue weighted by Gasteiger charge is 2.45. The topological polar surface area (TPSA) is 70.5 Å². The van der Waals surface area contributed by atoms with Crippen molar-refractivity contribution in [1.82, 2.24) is 0 Å². The second-order valence-electron chi connectivity index (χ2n) is 6.46. The Kier molecular flexibility index (Phi) is 6.00. The molecule has 4 nitrogen and oxygen atoms in total. The summed E-state index contributed by atoms with van der Waals surface area (Å²) in [5.74, 6) is -10.8. The Balaban J connectivity index is 2.30. The standard InChI is InChI=1S/C20H11F9N2O2/c21-14-10(30)3-1-5-12(14)32-17-8(19(24,25)26)7-9(20(27,28)29)18(16(17)23)33-13-6-2-4-11(31)15(13)22/h1-7H,30-31H2. The summed E-state index contributed by atoms with van der Waals surface area (Å²) in [5, 5.41) is 0. The van der Waals surface area contributed by atoms with Crippen LogP contribution in [0.1, 0.15) is 11.1 Å². The smallest absolute Gasteiger partial charge is 0.420 e. The van der Waals surface area contributed by atoms with Gasteiger partial charge in [-0.25, -0.2) is 8.78 Å². The van der Waals surface area contributed by atoms with Gasteiger partial charge in [-0.15, -0.1) is 0 Å². The Morgan fingerprint density at radius 3 is 1.27 bits per heavy atom. The molecule has 0 fully saturated rings. The summed E-state index contributed by atoms with van der Waals surface area (Å²) >= 11 is 0. The molecule has 0 saturated carbocycles. The normalized spacial score (nSPS) is 12.0. The Labute approximate surface area is 179 Å². The fraction of sp³-hybridized carbons (Fsp3) is 0.100. The summed E-state index contributed by atoms with van der Waals surface area (Å²) in [5.41, 5.74) is 4.93. The average molecular weight is 482 g/mol. The molecule has 4 N–H and O–H groups in total. The largest absolute Gasteiger partial charge is 0.450 e. The monoisotopic (exact) mass is 482 g/mol. The maximum absolute atomic E-state index is 15.1. The zero-order valence-electron chi connectivity index (χ0n) is 15.9. The van der Waals surface area contributed by atoms with Gasteiger partial charge >= 0.3 is 12.4 Å². The van der Waals surface area contributed by atoms with E-state index in [1.54, 1.807) is 0 Å². The van der Waals surface area contributed by atoms with Crippen LogP contribution in [0.2, 0.25) is 0 Å². The van der Waals surface area contributed by atoms with Gasteiger partial charge in [0, 0.05) is 0 Å². The van der Waals surface area contributed by atoms with Crippen LogP contribution in [0, 0.1) is 17.5 Å². The highest BCUT2D eigenvalue weighted by atomic mass is 19.4. The molecule has 33 heavy (non-hydrogen) atoms. The number of hydrogen-bond acceptors (Lipinski definition) is 4. The molecule has 0 amide bonds. The van der Waals surface area contributed by atoms with E-state index in [1.165, 1.54) is 0 Å². The Morgan fingerprint density at radius 1 is 0.576 bits per heavy atom. The summed E-state index contributed by atoms with van der Waals surface area (Å²) in [7, 11) is 0. The molecule has 13 heteroatoms. The van der Waals surface area contributed by atoms with E-state index >= 15 is 4.39 Å². The summed E-state index contributed by atoms with van der Waals surface area (Å²) in [6, 6.07) is 5.13. The summed E-state index contributed by atoms with van der Waals surface area (Å²) in [6.07, 6.45) is -11.2. The molecular formula is C20H11F9N2O2. The molecule has 0 unspecified atom stereocenters. The van der Waals surface area contributed by atoms with Crippen LogP contribution in [0.5, 0.6) is 23.0 Å². The average Bonchev–Trinajstić information content (AvgIpc) is 2.69. The van der Waals surface area contributed by atoms with Crippen molar-refractivity contribution in [1.29, 1.82) is 0 Å². The van der Waals surface area contributed by atoms with Crippen molar-refractivity contribution in [3.63, 3.8) is 0 Å². The Hall–Kier alpha value is -3.77. The first kappa shape index (κ1) is 23.9. The lowest BCUT2D eigenvalue weighted by Gasteiger charge is -2.21. The molecule has 176 valence electrons. The summed E-state index contributed by atoms with van der Waals surface area (Å²) in [4.78, 5) is 0. The van der Waals surface area contributed by atoms with Crippen molar-refractivity contribution in [3.8, 4) is 23.0 Å². The number of anilines is 2. The van der Waals surface area contributed by atoms with E-state index in [1.807, 2.05) is 0 Å². The van der Waals surface area contributed by atoms with Gasteiger partial charge in [-0.3, -0.25) is 0 Å². The highest BCUT2D eigenvalue weighted by Crippen LogP contribution is 2.50. The van der Waals surface area contributed by atoms with E-state index in [-0.39, 0.29) is 0 Å². The number of benzene rings is 3. The van der Waals surface area contributed by atoms with Gasteiger partial charge in [0.2, 0.25) is 5.82 Å². The lowest BCUT2D eigenvalue weighted by Crippen LogP contribution is -2.16. The number of nitrogen functional groups attached to an aromatic ring is 2. The number of hydrogen-bond donors (Lipinski definition) is 2. The van der Waals surface area contributed by atoms with Crippen LogP contribution in [-0.2, 0) is 12.4 Å². The van der Waals surface area contributed by atoms with E-state index in [9.17, 15) is 35.1 Å². The lowest BCUT2D eigenvalue weighted by atomic mass is 10.1. The molecule has 0 heterocycles. The van der Waals surface area contributed by atoms with E-state index in [0.29, 0.717) is 0 Å². The summed E-state index contributed by atoms with van der Waals surface area (Å²) < 4.78 is 134. The van der Waals surface area contributed by atoms with Crippen molar-refractivity contribution in [3.05, 3.63) is 71.0 Å². The number of rotatable bonds is 4. The fourth-order valence-corrected chi connectivity index (χ4v) is 2.67. The Bertz CT molecular complexity index is 1120. The maximum Gasteiger partial charge on any atom is 0.420 e. The van der Waals surface area contributed by atoms with Crippen LogP contribution in [0.15, 0.2) is 42.5 Å². The predicted molar refractivity (Wildman–Crippen MR) is 98.2 cm³/mol. The van der Waals surface area contributed by atoms with Gasteiger partial charge in [0.1, 0.15) is 11.1 Å². The molecule has 0 aliphatic heterocycles. The SMILES string of the molecule is Nc1cccc(Oc2c(C(F)(F)F)cc(C(F)(F)F)c(Oc3cccc(N)c3F)c2F)c1F. The quantitative estimate of drug-likeness (QED) is 0.314. The minimum Gasteiger partial charge on any atom is -0.450 e. The summed E-state index contributed by atoms with van der Waals surface area (Å²) in [6.45, 7) is 0. The number of ether oxygens (including phenoxy) is 2. The van der Waals surface area contributed by atoms with Gasteiger partial charge < -0.3 is 20.9 Å². The molecule has 0 aliphatic carbocycles. The van der Waals surface area contributed by atoms with Crippen LogP contribution >= 0.6 is 0 Å². The van der Waals surface area contributed by atoms with E-state index in [2.05, 4.69) is 9.47 Å². The van der Waals surface area contributed by atoms with Gasteiger partial charge in [0.05, 0.1) is 11.4 Å². The van der Waals surface area contributed by atoms with Crippen molar-refractivity contribution in [2.75, 3.05) is 11.5 Å². The van der Waals surface area contributed by atoms with Crippen LogP contribution in [0.4, 0.5) is 50.9 Å². The van der Waals surface area contributed by atoms with Crippen molar-refractivity contribution >= 4 is 11.4 Å². The third-order valence-electron chi connectivity index (χ3n) is 4.20. The lowest BCUT2D eigenvalue weighted by molar-refractivity contribution is -0.144. The first-order chi connectivity index (χ1) is 15.2. The molecule has 0 bridgehead atoms. The van der Waals surface area contributed by atoms with Crippen LogP contribution in [0.25, 0.3) is 0 Å². The molecule has 3 rings (SSSR count). The van der Waals surface area contributed by atoms with Crippen molar-refractivity contribution in [2.45, 2.75) is 12.4 Å². The third kappa shape index (κ3) is 4.71. The molecule has 3 aromatic carbocycles. The minimum absolute atomic E-state index is 0.498. The zero-order valence-corrected chi connectivity index (χ0v) is 15.9. The first-order valence-electron chi connectivity index (χ1n) is 8.66. The third-order valence-corrected chi connectivity index (χ3v) is 4.20. The van der Waals surface area contributed by atoms with Crippen molar-refractivity contribution < 1.29 is 49.0 Å². The molecule has 0 atom stereocenters. The molecule has 0 aliphatic rings. The van der Waals surface area contributed by atoms with Gasteiger partial charge in [-0.1, -0.05) is 12.1 Å². The molecule has 0 aromatic heterocycles. The molecular weight excluding hydrogens is 471 g/mol. The second kappa shape index (κ2) is 8.30. The van der Waals surface area contributed by atoms with E-state index < -0.39 is 81.4 Å². The fourth-order valence-electron chi connectivity index (χ4n) is 2.67. The Morgan fingerprint density at radius 2 is 0.939 bits per heavy atom. The van der Waals surface area contributed by atoms with Crippen LogP contribution in [-0.4, -0.2) is 0 Å². The zero-order chi connectivity index (χ0) is 24.7. The van der Waals surface area contributed by atoms with Gasteiger partial charge in [-0.2, -0.15) is 30.7 Å². The molecule has 0 spiro atoms. The number of nitrogens with two attached hydrogens (primary N) is 2. The van der Waals surface area contributed by atoms with Crippen LogP contribution < -0.4 is 20.9 Å². The van der Waals surface area contributed by atoms with Crippen molar-refractivity contribution in [2.24, 2.45) is 0 Å². The second-order valence-corrected chi connectivity index (χ2v) is 6.46. The highest BCUT2D eigenvalue weighted by molar-refractivity contribution is 5.56. The number of halogens is 9. The minimum atomic E-state index is -5.58. The van der Waals surface area contributed by atoms with Gasteiger partial charge in [0.25, 0.3) is 0 Å². The first-order valence-corrected chi connectivity index (χ1v) is 8.66. The van der Waals surface area contributed by atoms with E-state index in [4.69, 9.17) is 11.5 Å². The maximum atomic E-state index is 15.1. The predicted octanol–water partition coefficient (Wildman–Crippen LogP) is 6.89. The van der Waals surface area contributed by atoms with Gasteiger partial charge in [-0.05, 0) is 30.3 Å². The number of alkyl halides is 6. The van der Waals surface area contributed by atoms with Crippen LogP contribution in [0.3, 0.4) is 0 Å². The molecule has 3 aromatic rings. The van der Waals surface area contributed by atoms with Gasteiger partial charge in [0.15, 0.2) is 34.6 Å². The molecule has 0 radical (unpaired) electrons. The molecule has 0 saturated heterocycles. The van der Waals surface area contributed by atoms with E-state index in [0.717, 1.165) is 36.4 Å².